The molecule has 0 amide bonds. The summed E-state index contributed by atoms with van der Waals surface area (Å²) in [5, 5.41) is 30.9. The van der Waals surface area contributed by atoms with Crippen molar-refractivity contribution in [1.82, 2.24) is 0 Å². The van der Waals surface area contributed by atoms with Gasteiger partial charge in [0, 0.05) is 11.5 Å². The van der Waals surface area contributed by atoms with Gasteiger partial charge in [0.15, 0.2) is 5.79 Å². The number of carbonyl (C=O) groups is 1. The van der Waals surface area contributed by atoms with Gasteiger partial charge in [-0.05, 0) is 13.8 Å². The number of aliphatic hydroxyl groups is 3. The van der Waals surface area contributed by atoms with Crippen LogP contribution >= 0.6 is 0 Å². The van der Waals surface area contributed by atoms with Crippen molar-refractivity contribution in [2.45, 2.75) is 51.3 Å². The van der Waals surface area contributed by atoms with Crippen LogP contribution < -0.4 is 0 Å². The Morgan fingerprint density at radius 2 is 1.89 bits per heavy atom. The van der Waals surface area contributed by atoms with Crippen LogP contribution in [0.5, 0.6) is 0 Å². The van der Waals surface area contributed by atoms with E-state index in [1.54, 1.807) is 13.8 Å². The maximum Gasteiger partial charge on any atom is 0.330 e. The summed E-state index contributed by atoms with van der Waals surface area (Å²) < 4.78 is 10.2. The average molecular weight is 274 g/mol. The highest BCUT2D eigenvalue weighted by Gasteiger charge is 2.62. The molecule has 0 saturated carbocycles. The molecule has 0 bridgehead atoms. The third kappa shape index (κ3) is 2.53. The maximum atomic E-state index is 11.0. The first kappa shape index (κ1) is 16.1. The summed E-state index contributed by atoms with van der Waals surface area (Å²) in [6, 6.07) is 0. The van der Waals surface area contributed by atoms with Gasteiger partial charge in [0.25, 0.3) is 0 Å². The molecule has 0 aromatic carbocycles. The number of ether oxygens (including phenoxy) is 2. The van der Waals surface area contributed by atoms with Crippen LogP contribution in [0, 0.1) is 5.41 Å². The predicted molar refractivity (Wildman–Crippen MR) is 67.1 cm³/mol. The van der Waals surface area contributed by atoms with Crippen LogP contribution in [0.15, 0.2) is 12.7 Å². The summed E-state index contributed by atoms with van der Waals surface area (Å²) in [5.74, 6) is -2.35. The van der Waals surface area contributed by atoms with E-state index in [0.717, 1.165) is 6.08 Å². The second-order valence-corrected chi connectivity index (χ2v) is 5.69. The number of carbonyl (C=O) groups excluding carboxylic acids is 1. The molecule has 1 fully saturated rings. The molecule has 1 aliphatic heterocycles. The second kappa shape index (κ2) is 4.86. The Labute approximate surface area is 112 Å². The van der Waals surface area contributed by atoms with Crippen molar-refractivity contribution in [2.24, 2.45) is 5.41 Å². The Morgan fingerprint density at radius 3 is 2.37 bits per heavy atom. The highest BCUT2D eigenvalue weighted by molar-refractivity contribution is 5.81. The standard InChI is InChI=1S/C13H22O6/c1-6-9(14)18-7-8-10(15)12(4,16)11(2,3)13(5,17)19-8/h6,8,10,15-17H,1,7H2,2-5H3. The number of hydrogen-bond donors (Lipinski definition) is 3. The Bertz CT molecular complexity index is 371. The minimum Gasteiger partial charge on any atom is -0.460 e. The van der Waals surface area contributed by atoms with Gasteiger partial charge < -0.3 is 24.8 Å². The average Bonchev–Trinajstić information content (AvgIpc) is 2.30. The lowest BCUT2D eigenvalue weighted by Crippen LogP contribution is -2.71. The molecule has 6 nitrogen and oxygen atoms in total. The van der Waals surface area contributed by atoms with E-state index in [-0.39, 0.29) is 6.61 Å². The molecule has 4 atom stereocenters. The van der Waals surface area contributed by atoms with Gasteiger partial charge in [0.05, 0.1) is 0 Å². The van der Waals surface area contributed by atoms with E-state index in [2.05, 4.69) is 6.58 Å². The lowest BCUT2D eigenvalue weighted by molar-refractivity contribution is -0.380. The molecule has 0 aromatic rings. The lowest BCUT2D eigenvalue weighted by Gasteiger charge is -2.57. The Morgan fingerprint density at radius 1 is 1.37 bits per heavy atom. The molecule has 1 heterocycles. The van der Waals surface area contributed by atoms with Crippen molar-refractivity contribution in [3.05, 3.63) is 12.7 Å². The SMILES string of the molecule is C=CC(=O)OCC1OC(C)(O)C(C)(C)C(C)(O)C1O. The van der Waals surface area contributed by atoms with Gasteiger partial charge in [-0.1, -0.05) is 20.4 Å². The van der Waals surface area contributed by atoms with E-state index in [0.29, 0.717) is 0 Å². The van der Waals surface area contributed by atoms with Crippen molar-refractivity contribution >= 4 is 5.97 Å². The van der Waals surface area contributed by atoms with E-state index in [4.69, 9.17) is 9.47 Å². The van der Waals surface area contributed by atoms with Crippen LogP contribution in [0.2, 0.25) is 0 Å². The van der Waals surface area contributed by atoms with Gasteiger partial charge in [-0.15, -0.1) is 0 Å². The van der Waals surface area contributed by atoms with Gasteiger partial charge in [-0.2, -0.15) is 0 Å². The minimum absolute atomic E-state index is 0.283. The van der Waals surface area contributed by atoms with Crippen LogP contribution in [0.1, 0.15) is 27.7 Å². The molecule has 0 radical (unpaired) electrons. The van der Waals surface area contributed by atoms with E-state index >= 15 is 0 Å². The monoisotopic (exact) mass is 274 g/mol. The molecule has 0 aromatic heterocycles. The molecule has 1 saturated heterocycles. The largest absolute Gasteiger partial charge is 0.460 e. The molecule has 3 N–H and O–H groups in total. The summed E-state index contributed by atoms with van der Waals surface area (Å²) in [5.41, 5.74) is -2.72. The first-order valence-corrected chi connectivity index (χ1v) is 6.07. The zero-order valence-electron chi connectivity index (χ0n) is 11.7. The number of hydrogen-bond acceptors (Lipinski definition) is 6. The first-order chi connectivity index (χ1) is 8.47. The van der Waals surface area contributed by atoms with Gasteiger partial charge in [-0.25, -0.2) is 4.79 Å². The highest BCUT2D eigenvalue weighted by atomic mass is 16.7. The van der Waals surface area contributed by atoms with Crippen LogP contribution in [0.3, 0.4) is 0 Å². The van der Waals surface area contributed by atoms with Crippen molar-refractivity contribution in [3.63, 3.8) is 0 Å². The van der Waals surface area contributed by atoms with Crippen molar-refractivity contribution in [3.8, 4) is 0 Å². The number of esters is 1. The fraction of sp³-hybridized carbons (Fsp3) is 0.769. The molecular formula is C13H22O6. The molecule has 110 valence electrons. The van der Waals surface area contributed by atoms with Crippen LogP contribution in [-0.2, 0) is 14.3 Å². The quantitative estimate of drug-likeness (QED) is 0.494. The van der Waals surface area contributed by atoms with Crippen LogP contribution in [0.25, 0.3) is 0 Å². The highest BCUT2D eigenvalue weighted by Crippen LogP contribution is 2.48. The molecule has 0 spiro atoms. The third-order valence-corrected chi connectivity index (χ3v) is 4.29. The van der Waals surface area contributed by atoms with Gasteiger partial charge in [0.1, 0.15) is 24.4 Å². The van der Waals surface area contributed by atoms with E-state index in [1.807, 2.05) is 0 Å². The zero-order chi connectivity index (χ0) is 15.1. The number of rotatable bonds is 3. The zero-order valence-corrected chi connectivity index (χ0v) is 11.7. The topological polar surface area (TPSA) is 96.2 Å². The van der Waals surface area contributed by atoms with E-state index in [1.165, 1.54) is 13.8 Å². The molecule has 19 heavy (non-hydrogen) atoms. The Balaban J connectivity index is 2.93. The van der Waals surface area contributed by atoms with Crippen molar-refractivity contribution in [1.29, 1.82) is 0 Å². The molecule has 1 aliphatic rings. The normalized spacial score (nSPS) is 41.6. The Hall–Kier alpha value is -0.950. The molecular weight excluding hydrogens is 252 g/mol. The van der Waals surface area contributed by atoms with Crippen molar-refractivity contribution in [2.75, 3.05) is 6.61 Å². The second-order valence-electron chi connectivity index (χ2n) is 5.69. The smallest absolute Gasteiger partial charge is 0.330 e. The molecule has 1 rings (SSSR count). The summed E-state index contributed by atoms with van der Waals surface area (Å²) in [7, 11) is 0. The van der Waals surface area contributed by atoms with Crippen LogP contribution in [-0.4, -0.2) is 51.5 Å². The summed E-state index contributed by atoms with van der Waals surface area (Å²) in [6.45, 7) is 8.95. The predicted octanol–water partition coefficient (Wildman–Crippen LogP) is -0.0390. The minimum atomic E-state index is -1.68. The van der Waals surface area contributed by atoms with E-state index in [9.17, 15) is 20.1 Å². The maximum absolute atomic E-state index is 11.0. The summed E-state index contributed by atoms with van der Waals surface area (Å²) in [4.78, 5) is 11.0. The summed E-state index contributed by atoms with van der Waals surface area (Å²) >= 11 is 0. The summed E-state index contributed by atoms with van der Waals surface area (Å²) in [6.07, 6.45) is -1.35. The first-order valence-electron chi connectivity index (χ1n) is 6.07. The van der Waals surface area contributed by atoms with Gasteiger partial charge in [-0.3, -0.25) is 0 Å². The lowest BCUT2D eigenvalue weighted by atomic mass is 9.64. The van der Waals surface area contributed by atoms with E-state index < -0.39 is 35.0 Å². The van der Waals surface area contributed by atoms with Crippen LogP contribution in [0.4, 0.5) is 0 Å². The van der Waals surface area contributed by atoms with Gasteiger partial charge >= 0.3 is 5.97 Å². The number of aliphatic hydroxyl groups excluding tert-OH is 1. The Kier molecular flexibility index (Phi) is 4.12. The third-order valence-electron chi connectivity index (χ3n) is 4.29. The van der Waals surface area contributed by atoms with Gasteiger partial charge in [0.2, 0.25) is 0 Å². The van der Waals surface area contributed by atoms with Crippen molar-refractivity contribution < 1.29 is 29.6 Å². The fourth-order valence-electron chi connectivity index (χ4n) is 2.06. The molecule has 6 heteroatoms. The fourth-order valence-corrected chi connectivity index (χ4v) is 2.06. The molecule has 0 aliphatic carbocycles. The molecule has 4 unspecified atom stereocenters.